The fraction of sp³-hybridized carbons (Fsp3) is 0.364. The minimum absolute atomic E-state index is 0.0937. The molecule has 0 spiro atoms. The van der Waals surface area contributed by atoms with Crippen molar-refractivity contribution in [2.45, 2.75) is 18.7 Å². The highest BCUT2D eigenvalue weighted by Gasteiger charge is 2.24. The number of nitrogens with one attached hydrogen (secondary N) is 2. The molecule has 3 aromatic rings. The lowest BCUT2D eigenvalue weighted by Crippen LogP contribution is -2.36. The van der Waals surface area contributed by atoms with Crippen LogP contribution in [0.1, 0.15) is 21.5 Å². The Labute approximate surface area is 197 Å². The number of benzene rings is 2. The summed E-state index contributed by atoms with van der Waals surface area (Å²) >= 11 is 1.44. The Hall–Kier alpha value is -2.57. The molecule has 11 heteroatoms. The summed E-state index contributed by atoms with van der Waals surface area (Å²) in [6, 6.07) is 9.83. The third-order valence-corrected chi connectivity index (χ3v) is 8.06. The monoisotopic (exact) mass is 492 g/mol. The number of sulfonamides is 1. The molecule has 33 heavy (non-hydrogen) atoms. The topological polar surface area (TPSA) is 110 Å². The molecule has 0 aliphatic rings. The van der Waals surface area contributed by atoms with Crippen LogP contribution in [0.5, 0.6) is 0 Å². The number of rotatable bonds is 11. The number of hydrogen-bond donors (Lipinski definition) is 2. The molecule has 3 rings (SSSR count). The van der Waals surface area contributed by atoms with E-state index in [-0.39, 0.29) is 31.2 Å². The number of thiazole rings is 1. The van der Waals surface area contributed by atoms with Crippen LogP contribution in [0.2, 0.25) is 0 Å². The van der Waals surface area contributed by atoms with E-state index in [9.17, 15) is 13.2 Å². The molecule has 1 amide bonds. The van der Waals surface area contributed by atoms with Crippen molar-refractivity contribution in [2.24, 2.45) is 0 Å². The van der Waals surface area contributed by atoms with Gasteiger partial charge in [0.15, 0.2) is 0 Å². The van der Waals surface area contributed by atoms with Gasteiger partial charge in [0.25, 0.3) is 5.91 Å². The average molecular weight is 493 g/mol. The molecule has 178 valence electrons. The summed E-state index contributed by atoms with van der Waals surface area (Å²) < 4.78 is 38.3. The van der Waals surface area contributed by atoms with Crippen molar-refractivity contribution in [2.75, 3.05) is 45.9 Å². The predicted octanol–water partition coefficient (Wildman–Crippen LogP) is 2.95. The van der Waals surface area contributed by atoms with Crippen LogP contribution in [-0.4, -0.2) is 64.1 Å². The molecule has 0 fully saturated rings. The van der Waals surface area contributed by atoms with Crippen molar-refractivity contribution in [1.82, 2.24) is 14.7 Å². The van der Waals surface area contributed by atoms with E-state index in [1.54, 1.807) is 0 Å². The summed E-state index contributed by atoms with van der Waals surface area (Å²) in [5.41, 5.74) is 8.93. The zero-order valence-electron chi connectivity index (χ0n) is 19.0. The lowest BCUT2D eigenvalue weighted by Gasteiger charge is -2.21. The maximum atomic E-state index is 13.0. The lowest BCUT2D eigenvalue weighted by molar-refractivity contribution is 0.0962. The van der Waals surface area contributed by atoms with E-state index in [2.05, 4.69) is 15.8 Å². The standard InChI is InChI=1S/C22H28N4O5S2/c1-15-5-10-19-20(16(15)2)23-22(32-19)25-24-21(27)17-6-8-18(9-7-17)33(28,29)26(11-13-30-3)12-14-31-4/h5-10H,11-14H2,1-4H3,(H,23,25)(H,24,27). The first-order valence-corrected chi connectivity index (χ1v) is 12.5. The van der Waals surface area contributed by atoms with Crippen molar-refractivity contribution in [3.8, 4) is 0 Å². The third kappa shape index (κ3) is 5.87. The highest BCUT2D eigenvalue weighted by atomic mass is 32.2. The second kappa shape index (κ2) is 11.0. The van der Waals surface area contributed by atoms with E-state index in [0.717, 1.165) is 21.3 Å². The number of ether oxygens (including phenoxy) is 2. The molecule has 0 unspecified atom stereocenters. The first kappa shape index (κ1) is 25.1. The van der Waals surface area contributed by atoms with E-state index in [0.29, 0.717) is 10.7 Å². The quantitative estimate of drug-likeness (QED) is 0.396. The molecule has 1 aromatic heterocycles. The number of hydrazine groups is 1. The lowest BCUT2D eigenvalue weighted by atomic mass is 10.1. The summed E-state index contributed by atoms with van der Waals surface area (Å²) in [5, 5.41) is 0.568. The Balaban J connectivity index is 1.68. The molecular weight excluding hydrogens is 464 g/mol. The normalized spacial score (nSPS) is 11.8. The first-order valence-electron chi connectivity index (χ1n) is 10.3. The Bertz CT molecular complexity index is 1200. The molecule has 2 N–H and O–H groups in total. The number of amides is 1. The fourth-order valence-electron chi connectivity index (χ4n) is 3.13. The van der Waals surface area contributed by atoms with Gasteiger partial charge in [0.2, 0.25) is 15.2 Å². The molecule has 0 aliphatic carbocycles. The van der Waals surface area contributed by atoms with Gasteiger partial charge in [-0.05, 0) is 55.3 Å². The number of fused-ring (bicyclic) bond motifs is 1. The van der Waals surface area contributed by atoms with Crippen LogP contribution in [0.25, 0.3) is 10.2 Å². The van der Waals surface area contributed by atoms with E-state index in [1.807, 2.05) is 26.0 Å². The minimum Gasteiger partial charge on any atom is -0.383 e. The number of nitrogens with zero attached hydrogens (tertiary/aromatic N) is 2. The zero-order valence-corrected chi connectivity index (χ0v) is 20.7. The molecular formula is C22H28N4O5S2. The van der Waals surface area contributed by atoms with E-state index < -0.39 is 15.9 Å². The fourth-order valence-corrected chi connectivity index (χ4v) is 5.41. The molecule has 0 aliphatic heterocycles. The van der Waals surface area contributed by atoms with Crippen LogP contribution < -0.4 is 10.9 Å². The zero-order chi connectivity index (χ0) is 24.0. The number of methoxy groups -OCH3 is 2. The number of anilines is 1. The molecule has 0 radical (unpaired) electrons. The molecule has 9 nitrogen and oxygen atoms in total. The van der Waals surface area contributed by atoms with E-state index in [1.165, 1.54) is 54.1 Å². The Morgan fingerprint density at radius 1 is 1.03 bits per heavy atom. The maximum Gasteiger partial charge on any atom is 0.269 e. The predicted molar refractivity (Wildman–Crippen MR) is 129 cm³/mol. The summed E-state index contributed by atoms with van der Waals surface area (Å²) in [6.07, 6.45) is 0. The van der Waals surface area contributed by atoms with Crippen LogP contribution in [0.15, 0.2) is 41.3 Å². The number of aromatic nitrogens is 1. The van der Waals surface area contributed by atoms with Gasteiger partial charge in [-0.25, -0.2) is 13.4 Å². The minimum atomic E-state index is -3.75. The number of carbonyl (C=O) groups excluding carboxylic acids is 1. The summed E-state index contributed by atoms with van der Waals surface area (Å²) in [5.74, 6) is -0.401. The first-order chi connectivity index (χ1) is 15.8. The molecule has 0 saturated carbocycles. The molecule has 0 saturated heterocycles. The van der Waals surface area contributed by atoms with Crippen molar-refractivity contribution >= 4 is 42.6 Å². The molecule has 0 bridgehead atoms. The van der Waals surface area contributed by atoms with Crippen LogP contribution in [0.4, 0.5) is 5.13 Å². The Morgan fingerprint density at radius 3 is 2.27 bits per heavy atom. The largest absolute Gasteiger partial charge is 0.383 e. The van der Waals surface area contributed by atoms with Gasteiger partial charge in [-0.1, -0.05) is 17.4 Å². The highest BCUT2D eigenvalue weighted by Crippen LogP contribution is 2.29. The summed E-state index contributed by atoms with van der Waals surface area (Å²) in [7, 11) is -0.722. The van der Waals surface area contributed by atoms with Gasteiger partial charge in [0, 0.05) is 32.9 Å². The van der Waals surface area contributed by atoms with Gasteiger partial charge in [-0.2, -0.15) is 4.31 Å². The summed E-state index contributed by atoms with van der Waals surface area (Å²) in [4.78, 5) is 17.2. The van der Waals surface area contributed by atoms with E-state index >= 15 is 0 Å². The third-order valence-electron chi connectivity index (χ3n) is 5.21. The van der Waals surface area contributed by atoms with Gasteiger partial charge in [0.1, 0.15) is 0 Å². The molecule has 2 aromatic carbocycles. The molecule has 0 atom stereocenters. The van der Waals surface area contributed by atoms with Gasteiger partial charge < -0.3 is 9.47 Å². The van der Waals surface area contributed by atoms with Gasteiger partial charge in [-0.15, -0.1) is 0 Å². The van der Waals surface area contributed by atoms with Gasteiger partial charge >= 0.3 is 0 Å². The Kier molecular flexibility index (Phi) is 8.38. The van der Waals surface area contributed by atoms with Crippen molar-refractivity contribution in [1.29, 1.82) is 0 Å². The Morgan fingerprint density at radius 2 is 1.67 bits per heavy atom. The second-order valence-corrected chi connectivity index (χ2v) is 10.3. The maximum absolute atomic E-state index is 13.0. The second-order valence-electron chi connectivity index (χ2n) is 7.37. The summed E-state index contributed by atoms with van der Waals surface area (Å²) in [6.45, 7) is 4.98. The van der Waals surface area contributed by atoms with Gasteiger partial charge in [0.05, 0.1) is 28.3 Å². The van der Waals surface area contributed by atoms with Crippen LogP contribution in [0, 0.1) is 13.8 Å². The number of hydrogen-bond acceptors (Lipinski definition) is 8. The highest BCUT2D eigenvalue weighted by molar-refractivity contribution is 7.89. The average Bonchev–Trinajstić information content (AvgIpc) is 3.24. The van der Waals surface area contributed by atoms with Gasteiger partial charge in [-0.3, -0.25) is 15.6 Å². The van der Waals surface area contributed by atoms with Crippen LogP contribution in [-0.2, 0) is 19.5 Å². The number of carbonyl (C=O) groups is 1. The van der Waals surface area contributed by atoms with E-state index in [4.69, 9.17) is 9.47 Å². The van der Waals surface area contributed by atoms with Crippen LogP contribution >= 0.6 is 11.3 Å². The smallest absolute Gasteiger partial charge is 0.269 e. The molecule has 1 heterocycles. The van der Waals surface area contributed by atoms with Crippen molar-refractivity contribution in [3.63, 3.8) is 0 Å². The number of aryl methyl sites for hydroxylation is 2. The van der Waals surface area contributed by atoms with Crippen molar-refractivity contribution < 1.29 is 22.7 Å². The van der Waals surface area contributed by atoms with Crippen LogP contribution in [0.3, 0.4) is 0 Å². The SMILES string of the molecule is COCCN(CCOC)S(=O)(=O)c1ccc(C(=O)NNc2nc3c(C)c(C)ccc3s2)cc1. The van der Waals surface area contributed by atoms with Crippen molar-refractivity contribution in [3.05, 3.63) is 53.1 Å².